The lowest BCUT2D eigenvalue weighted by Crippen LogP contribution is -2.51. The molecule has 0 bridgehead atoms. The Labute approximate surface area is 124 Å². The molecule has 0 unspecified atom stereocenters. The number of aliphatic hydroxyl groups is 3. The Morgan fingerprint density at radius 3 is 2.68 bits per heavy atom. The van der Waals surface area contributed by atoms with Crippen LogP contribution < -0.4 is 11.2 Å². The van der Waals surface area contributed by atoms with Gasteiger partial charge in [-0.25, -0.2) is 9.59 Å². The first-order valence-electron chi connectivity index (χ1n) is 6.59. The summed E-state index contributed by atoms with van der Waals surface area (Å²) in [5, 5.41) is 29.7. The molecule has 0 amide bonds. The van der Waals surface area contributed by atoms with Crippen molar-refractivity contribution in [3.8, 4) is 0 Å². The summed E-state index contributed by atoms with van der Waals surface area (Å²) >= 11 is 0. The van der Waals surface area contributed by atoms with Gasteiger partial charge in [0, 0.05) is 11.8 Å². The lowest BCUT2D eigenvalue weighted by Gasteiger charge is -2.32. The second kappa shape index (κ2) is 5.54. The average molecular weight is 312 g/mol. The molecule has 1 aromatic rings. The van der Waals surface area contributed by atoms with Crippen molar-refractivity contribution < 1.29 is 24.9 Å². The maximum Gasteiger partial charge on any atom is 0.330 e. The summed E-state index contributed by atoms with van der Waals surface area (Å²) in [4.78, 5) is 36.1. The van der Waals surface area contributed by atoms with Gasteiger partial charge in [-0.1, -0.05) is 6.92 Å². The fourth-order valence-corrected chi connectivity index (χ4v) is 2.58. The van der Waals surface area contributed by atoms with Crippen LogP contribution in [-0.4, -0.2) is 49.1 Å². The average Bonchev–Trinajstić information content (AvgIpc) is 2.75. The smallest absolute Gasteiger partial charge is 0.330 e. The zero-order chi connectivity index (χ0) is 16.7. The zero-order valence-corrected chi connectivity index (χ0v) is 11.9. The maximum absolute atomic E-state index is 12.0. The first-order chi connectivity index (χ1) is 10.3. The van der Waals surface area contributed by atoms with Gasteiger partial charge in [0.25, 0.3) is 5.56 Å². The van der Waals surface area contributed by atoms with Gasteiger partial charge in [-0.15, -0.1) is 0 Å². The van der Waals surface area contributed by atoms with Crippen LogP contribution in [0.25, 0.3) is 0 Å². The lowest BCUT2D eigenvalue weighted by molar-refractivity contribution is -0.144. The summed E-state index contributed by atoms with van der Waals surface area (Å²) in [7, 11) is 0. The van der Waals surface area contributed by atoms with Gasteiger partial charge in [-0.3, -0.25) is 14.3 Å². The highest BCUT2D eigenvalue weighted by atomic mass is 16.6. The number of aromatic nitrogens is 2. The van der Waals surface area contributed by atoms with Crippen LogP contribution in [0.3, 0.4) is 0 Å². The molecule has 0 aliphatic carbocycles. The Hall–Kier alpha value is -2.19. The van der Waals surface area contributed by atoms with E-state index in [1.807, 2.05) is 0 Å². The number of H-pyrrole nitrogens is 1. The van der Waals surface area contributed by atoms with E-state index in [1.54, 1.807) is 6.92 Å². The Morgan fingerprint density at radius 1 is 1.50 bits per heavy atom. The molecule has 1 saturated heterocycles. The molecule has 1 aliphatic rings. The van der Waals surface area contributed by atoms with E-state index in [2.05, 4.69) is 4.98 Å². The first-order valence-corrected chi connectivity index (χ1v) is 6.59. The molecule has 9 nitrogen and oxygen atoms in total. The van der Waals surface area contributed by atoms with E-state index in [0.29, 0.717) is 0 Å². The van der Waals surface area contributed by atoms with Crippen LogP contribution >= 0.6 is 0 Å². The van der Waals surface area contributed by atoms with Crippen molar-refractivity contribution >= 4 is 5.94 Å². The molecule has 9 heteroatoms. The SMILES string of the molecule is CC[C@@]1(n2cc(C)c(=O)[nH]c2=O)O[C@H](C(O)=C=O)[C@@H](O)[C@H]1O. The molecule has 4 N–H and O–H groups in total. The van der Waals surface area contributed by atoms with E-state index < -0.39 is 41.0 Å². The van der Waals surface area contributed by atoms with E-state index in [-0.39, 0.29) is 12.0 Å². The van der Waals surface area contributed by atoms with Crippen LogP contribution in [0.15, 0.2) is 21.5 Å². The van der Waals surface area contributed by atoms with Crippen LogP contribution in [0.1, 0.15) is 18.9 Å². The number of hydrogen-bond acceptors (Lipinski definition) is 7. The van der Waals surface area contributed by atoms with E-state index in [1.165, 1.54) is 19.1 Å². The van der Waals surface area contributed by atoms with Crippen LogP contribution in [-0.2, 0) is 15.3 Å². The van der Waals surface area contributed by atoms with E-state index in [9.17, 15) is 29.7 Å². The van der Waals surface area contributed by atoms with Gasteiger partial charge in [0.05, 0.1) is 0 Å². The second-order valence-electron chi connectivity index (χ2n) is 5.10. The molecule has 0 aromatic carbocycles. The highest BCUT2D eigenvalue weighted by molar-refractivity contribution is 5.51. The zero-order valence-electron chi connectivity index (χ0n) is 11.9. The molecular formula is C13H16N2O7. The van der Waals surface area contributed by atoms with Gasteiger partial charge in [0.2, 0.25) is 5.76 Å². The van der Waals surface area contributed by atoms with E-state index in [4.69, 9.17) is 4.74 Å². The van der Waals surface area contributed by atoms with Crippen molar-refractivity contribution in [1.29, 1.82) is 0 Å². The molecule has 4 atom stereocenters. The van der Waals surface area contributed by atoms with Crippen LogP contribution in [0, 0.1) is 6.92 Å². The third-order valence-corrected chi connectivity index (χ3v) is 3.84. The highest BCUT2D eigenvalue weighted by Crippen LogP contribution is 2.39. The summed E-state index contributed by atoms with van der Waals surface area (Å²) in [6, 6.07) is 0. The van der Waals surface area contributed by atoms with Crippen molar-refractivity contribution in [2.24, 2.45) is 0 Å². The number of aromatic amines is 1. The Morgan fingerprint density at radius 2 is 2.14 bits per heavy atom. The largest absolute Gasteiger partial charge is 0.500 e. The van der Waals surface area contributed by atoms with Crippen molar-refractivity contribution in [3.63, 3.8) is 0 Å². The number of aryl methyl sites for hydroxylation is 1. The summed E-state index contributed by atoms with van der Waals surface area (Å²) in [5.41, 5.74) is -2.98. The quantitative estimate of drug-likeness (QED) is 0.385. The maximum atomic E-state index is 12.0. The van der Waals surface area contributed by atoms with Gasteiger partial charge >= 0.3 is 5.69 Å². The van der Waals surface area contributed by atoms with Crippen molar-refractivity contribution in [1.82, 2.24) is 9.55 Å². The molecule has 1 aliphatic heterocycles. The highest BCUT2D eigenvalue weighted by Gasteiger charge is 2.56. The summed E-state index contributed by atoms with van der Waals surface area (Å²) in [6.45, 7) is 3.03. The summed E-state index contributed by atoms with van der Waals surface area (Å²) < 4.78 is 6.37. The number of carbonyl (C=O) groups excluding carboxylic acids is 1. The third kappa shape index (κ3) is 2.20. The normalized spacial score (nSPS) is 31.0. The molecule has 0 saturated carbocycles. The molecule has 0 spiro atoms. The third-order valence-electron chi connectivity index (χ3n) is 3.84. The molecule has 1 fully saturated rings. The fourth-order valence-electron chi connectivity index (χ4n) is 2.58. The van der Waals surface area contributed by atoms with Crippen LogP contribution in [0.4, 0.5) is 0 Å². The van der Waals surface area contributed by atoms with E-state index >= 15 is 0 Å². The Balaban J connectivity index is 2.64. The topological polar surface area (TPSA) is 142 Å². The minimum Gasteiger partial charge on any atom is -0.500 e. The molecule has 120 valence electrons. The number of nitrogens with one attached hydrogen (secondary N) is 1. The van der Waals surface area contributed by atoms with Gasteiger partial charge in [-0.05, 0) is 13.3 Å². The molecule has 2 heterocycles. The molecular weight excluding hydrogens is 296 g/mol. The van der Waals surface area contributed by atoms with Crippen molar-refractivity contribution in [2.45, 2.75) is 44.3 Å². The standard InChI is InChI=1S/C13H16N2O7/c1-3-13(15-4-6(2)11(20)14-12(15)21)10(19)8(18)9(22-13)7(17)5-16/h4,8-10,17-19H,3H2,1-2H3,(H,14,20,21)/t8-,9-,10-,13-/m1/s1. The fraction of sp³-hybridized carbons (Fsp3) is 0.538. The van der Waals surface area contributed by atoms with Gasteiger partial charge < -0.3 is 20.1 Å². The minimum atomic E-state index is -1.74. The second-order valence-corrected chi connectivity index (χ2v) is 5.10. The predicted octanol–water partition coefficient (Wildman–Crippen LogP) is -1.70. The number of hydrogen-bond donors (Lipinski definition) is 4. The number of aliphatic hydroxyl groups excluding tert-OH is 3. The Bertz CT molecular complexity index is 745. The summed E-state index contributed by atoms with van der Waals surface area (Å²) in [6.07, 6.45) is -3.56. The number of ether oxygens (including phenoxy) is 1. The molecule has 1 aromatic heterocycles. The van der Waals surface area contributed by atoms with Gasteiger partial charge in [-0.2, -0.15) is 0 Å². The van der Waals surface area contributed by atoms with Crippen LogP contribution in [0.2, 0.25) is 0 Å². The van der Waals surface area contributed by atoms with Gasteiger partial charge in [0.15, 0.2) is 17.8 Å². The number of rotatable bonds is 3. The van der Waals surface area contributed by atoms with Crippen LogP contribution in [0.5, 0.6) is 0 Å². The summed E-state index contributed by atoms with van der Waals surface area (Å²) in [5.74, 6) is 0.267. The first kappa shape index (κ1) is 16.2. The molecule has 2 rings (SSSR count). The Kier molecular flexibility index (Phi) is 4.08. The minimum absolute atomic E-state index is 0.0270. The lowest BCUT2D eigenvalue weighted by atomic mass is 9.99. The molecule has 22 heavy (non-hydrogen) atoms. The van der Waals surface area contributed by atoms with Gasteiger partial charge in [0.1, 0.15) is 12.2 Å². The predicted molar refractivity (Wildman–Crippen MR) is 73.0 cm³/mol. The van der Waals surface area contributed by atoms with Crippen molar-refractivity contribution in [2.75, 3.05) is 0 Å². The van der Waals surface area contributed by atoms with Crippen molar-refractivity contribution in [3.05, 3.63) is 38.4 Å². The van der Waals surface area contributed by atoms with E-state index in [0.717, 1.165) is 4.57 Å². The number of nitrogens with zero attached hydrogens (tertiary/aromatic N) is 1. The monoisotopic (exact) mass is 312 g/mol. The molecule has 0 radical (unpaired) electrons.